The van der Waals surface area contributed by atoms with Crippen molar-refractivity contribution in [3.63, 3.8) is 0 Å². The minimum Gasteiger partial charge on any atom is -0.495 e. The fraction of sp³-hybridized carbons (Fsp3) is 0.367. The van der Waals surface area contributed by atoms with Crippen LogP contribution in [0.4, 0.5) is 15.8 Å². The van der Waals surface area contributed by atoms with Crippen LogP contribution in [0.25, 0.3) is 0 Å². The summed E-state index contributed by atoms with van der Waals surface area (Å²) >= 11 is 13.9. The molecule has 222 valence electrons. The molecule has 3 heterocycles. The van der Waals surface area contributed by atoms with Gasteiger partial charge < -0.3 is 25.4 Å². The number of carbonyl (C=O) groups excluding carboxylic acids is 3. The Labute approximate surface area is 256 Å². The van der Waals surface area contributed by atoms with E-state index in [9.17, 15) is 14.4 Å². The lowest BCUT2D eigenvalue weighted by Crippen LogP contribution is -2.49. The average Bonchev–Trinajstić information content (AvgIpc) is 3.54. The quantitative estimate of drug-likeness (QED) is 0.272. The van der Waals surface area contributed by atoms with E-state index in [2.05, 4.69) is 16.0 Å². The molecule has 1 spiro atoms. The molecule has 3 N–H and O–H groups in total. The number of amides is 2. The Hall–Kier alpha value is -3.18. The van der Waals surface area contributed by atoms with Crippen LogP contribution in [-0.2, 0) is 19.7 Å². The molecule has 0 radical (unpaired) electrons. The molecule has 2 aromatic carbocycles. The smallest absolute Gasteiger partial charge is 0.337 e. The third-order valence-electron chi connectivity index (χ3n) is 7.75. The Kier molecular flexibility index (Phi) is 8.04. The maximum atomic E-state index is 15.9. The number of thiophene rings is 1. The van der Waals surface area contributed by atoms with Gasteiger partial charge >= 0.3 is 5.97 Å². The van der Waals surface area contributed by atoms with Gasteiger partial charge in [-0.05, 0) is 47.7 Å². The molecule has 12 heteroatoms. The fourth-order valence-corrected chi connectivity index (χ4v) is 7.75. The second-order valence-corrected chi connectivity index (χ2v) is 13.7. The lowest BCUT2D eigenvalue weighted by atomic mass is 9.65. The number of nitrogens with one attached hydrogen (secondary N) is 3. The van der Waals surface area contributed by atoms with Crippen molar-refractivity contribution in [2.75, 3.05) is 24.9 Å². The highest BCUT2D eigenvalue weighted by Gasteiger charge is 2.67. The molecule has 1 aromatic heterocycles. The van der Waals surface area contributed by atoms with E-state index < -0.39 is 41.1 Å². The van der Waals surface area contributed by atoms with Crippen LogP contribution in [0.1, 0.15) is 53.9 Å². The van der Waals surface area contributed by atoms with Crippen LogP contribution in [0, 0.1) is 11.2 Å². The summed E-state index contributed by atoms with van der Waals surface area (Å²) in [6, 6.07) is 9.08. The summed E-state index contributed by atoms with van der Waals surface area (Å²) in [5.74, 6) is -2.92. The molecular weight excluding hydrogens is 604 g/mol. The SMILES string of the molecule is COC(=O)c1ccc(NC(=O)[C@@H]2N[C@@H](CC(C)(C)C)[C@@]3(C(=O)Nc4cc(Cl)sc43)[C@H]2c2cccc(Cl)c2F)c(OC)c1. The van der Waals surface area contributed by atoms with Gasteiger partial charge in [-0.1, -0.05) is 56.1 Å². The first-order valence-corrected chi connectivity index (χ1v) is 14.8. The predicted molar refractivity (Wildman–Crippen MR) is 162 cm³/mol. The van der Waals surface area contributed by atoms with Gasteiger partial charge in [-0.3, -0.25) is 9.59 Å². The fourth-order valence-electron chi connectivity index (χ4n) is 6.11. The van der Waals surface area contributed by atoms with Gasteiger partial charge in [-0.15, -0.1) is 11.3 Å². The van der Waals surface area contributed by atoms with Crippen molar-refractivity contribution in [3.05, 3.63) is 73.6 Å². The van der Waals surface area contributed by atoms with E-state index in [-0.39, 0.29) is 38.9 Å². The number of hydrogen-bond donors (Lipinski definition) is 3. The van der Waals surface area contributed by atoms with Gasteiger partial charge in [0.1, 0.15) is 17.0 Å². The summed E-state index contributed by atoms with van der Waals surface area (Å²) in [7, 11) is 2.67. The van der Waals surface area contributed by atoms with E-state index >= 15 is 4.39 Å². The molecule has 0 unspecified atom stereocenters. The van der Waals surface area contributed by atoms with Crippen LogP contribution in [0.2, 0.25) is 9.36 Å². The summed E-state index contributed by atoms with van der Waals surface area (Å²) in [4.78, 5) is 41.0. The van der Waals surface area contributed by atoms with Crippen molar-refractivity contribution in [1.29, 1.82) is 0 Å². The largest absolute Gasteiger partial charge is 0.495 e. The number of hydrogen-bond acceptors (Lipinski definition) is 7. The molecule has 1 fully saturated rings. The molecule has 2 aliphatic heterocycles. The standard InChI is InChI=1S/C30H30Cl2FN3O5S/c1-29(2,3)13-20-30(25-18(35-28(30)39)12-21(32)42-25)22(15-7-6-8-16(31)23(15)33)24(36-20)26(37)34-17-10-9-14(27(38)41-5)11-19(17)40-4/h6-12,20,22,24,36H,13H2,1-5H3,(H,34,37)(H,35,39)/t20-,22-,24+,30+/m0/s1. The number of fused-ring (bicyclic) bond motifs is 2. The van der Waals surface area contributed by atoms with Crippen LogP contribution >= 0.6 is 34.5 Å². The van der Waals surface area contributed by atoms with E-state index in [0.29, 0.717) is 21.3 Å². The zero-order chi connectivity index (χ0) is 30.6. The summed E-state index contributed by atoms with van der Waals surface area (Å²) in [6.45, 7) is 6.11. The number of anilines is 2. The van der Waals surface area contributed by atoms with Crippen LogP contribution in [0.5, 0.6) is 5.75 Å². The van der Waals surface area contributed by atoms with Gasteiger partial charge in [0, 0.05) is 16.8 Å². The van der Waals surface area contributed by atoms with Gasteiger partial charge in [0.05, 0.1) is 46.6 Å². The Balaban J connectivity index is 1.67. The van der Waals surface area contributed by atoms with Gasteiger partial charge in [-0.25, -0.2) is 9.18 Å². The van der Waals surface area contributed by atoms with Gasteiger partial charge in [0.2, 0.25) is 11.8 Å². The van der Waals surface area contributed by atoms with Crippen molar-refractivity contribution in [2.24, 2.45) is 5.41 Å². The topological polar surface area (TPSA) is 106 Å². The average molecular weight is 635 g/mol. The highest BCUT2D eigenvalue weighted by atomic mass is 35.5. The number of benzene rings is 2. The van der Waals surface area contributed by atoms with E-state index in [1.54, 1.807) is 18.2 Å². The number of esters is 1. The molecule has 2 amide bonds. The summed E-state index contributed by atoms with van der Waals surface area (Å²) < 4.78 is 26.6. The zero-order valence-corrected chi connectivity index (χ0v) is 25.9. The Morgan fingerprint density at radius 3 is 2.55 bits per heavy atom. The first kappa shape index (κ1) is 30.3. The van der Waals surface area contributed by atoms with Crippen LogP contribution < -0.4 is 20.7 Å². The first-order valence-electron chi connectivity index (χ1n) is 13.2. The minimum atomic E-state index is -1.37. The molecule has 5 rings (SSSR count). The summed E-state index contributed by atoms with van der Waals surface area (Å²) in [5.41, 5.74) is -0.445. The summed E-state index contributed by atoms with van der Waals surface area (Å²) in [5, 5.41) is 9.11. The highest BCUT2D eigenvalue weighted by molar-refractivity contribution is 7.17. The number of rotatable bonds is 6. The second kappa shape index (κ2) is 11.1. The van der Waals surface area contributed by atoms with Crippen molar-refractivity contribution >= 4 is 63.7 Å². The number of carbonyl (C=O) groups is 3. The molecule has 8 nitrogen and oxygen atoms in total. The molecule has 0 saturated carbocycles. The predicted octanol–water partition coefficient (Wildman–Crippen LogP) is 6.38. The van der Waals surface area contributed by atoms with E-state index in [4.69, 9.17) is 32.7 Å². The first-order chi connectivity index (χ1) is 19.8. The maximum absolute atomic E-state index is 15.9. The van der Waals surface area contributed by atoms with Crippen LogP contribution in [0.15, 0.2) is 42.5 Å². The molecular formula is C30H30Cl2FN3O5S. The van der Waals surface area contributed by atoms with E-state index in [1.165, 1.54) is 49.8 Å². The lowest BCUT2D eigenvalue weighted by molar-refractivity contribution is -0.122. The molecule has 0 aliphatic carbocycles. The van der Waals surface area contributed by atoms with Crippen molar-refractivity contribution < 1.29 is 28.2 Å². The zero-order valence-electron chi connectivity index (χ0n) is 23.6. The Morgan fingerprint density at radius 2 is 1.88 bits per heavy atom. The molecule has 3 aromatic rings. The Morgan fingerprint density at radius 1 is 1.14 bits per heavy atom. The van der Waals surface area contributed by atoms with E-state index in [1.807, 2.05) is 20.8 Å². The highest BCUT2D eigenvalue weighted by Crippen LogP contribution is 2.59. The number of methoxy groups -OCH3 is 2. The number of ether oxygens (including phenoxy) is 2. The maximum Gasteiger partial charge on any atom is 0.337 e. The van der Waals surface area contributed by atoms with Crippen molar-refractivity contribution in [2.45, 2.75) is 50.6 Å². The minimum absolute atomic E-state index is 0.121. The summed E-state index contributed by atoms with van der Waals surface area (Å²) in [6.07, 6.45) is 0.481. The van der Waals surface area contributed by atoms with Crippen LogP contribution in [0.3, 0.4) is 0 Å². The normalized spacial score (nSPS) is 23.0. The van der Waals surface area contributed by atoms with E-state index in [0.717, 1.165) is 0 Å². The van der Waals surface area contributed by atoms with Crippen molar-refractivity contribution in [1.82, 2.24) is 5.32 Å². The monoisotopic (exact) mass is 633 g/mol. The van der Waals surface area contributed by atoms with Gasteiger partial charge in [0.25, 0.3) is 0 Å². The third kappa shape index (κ3) is 5.04. The third-order valence-corrected chi connectivity index (χ3v) is 9.46. The molecule has 1 saturated heterocycles. The van der Waals surface area contributed by atoms with Crippen molar-refractivity contribution in [3.8, 4) is 5.75 Å². The Bertz CT molecular complexity index is 1590. The van der Waals surface area contributed by atoms with Gasteiger partial charge in [0.15, 0.2) is 0 Å². The second-order valence-electron chi connectivity index (χ2n) is 11.6. The molecule has 2 aliphatic rings. The number of halogens is 3. The van der Waals surface area contributed by atoms with Crippen LogP contribution in [-0.4, -0.2) is 44.1 Å². The lowest BCUT2D eigenvalue weighted by Gasteiger charge is -2.37. The molecule has 4 atom stereocenters. The van der Waals surface area contributed by atoms with Gasteiger partial charge in [-0.2, -0.15) is 0 Å². The molecule has 0 bridgehead atoms. The molecule has 42 heavy (non-hydrogen) atoms.